The molecule has 2 N–H and O–H groups in total. The van der Waals surface area contributed by atoms with Crippen molar-refractivity contribution in [3.63, 3.8) is 0 Å². The van der Waals surface area contributed by atoms with E-state index < -0.39 is 6.10 Å². The van der Waals surface area contributed by atoms with E-state index in [1.807, 2.05) is 0 Å². The van der Waals surface area contributed by atoms with Gasteiger partial charge in [-0.3, -0.25) is 4.79 Å². The highest BCUT2D eigenvalue weighted by atomic mass is 35.5. The van der Waals surface area contributed by atoms with E-state index in [-0.39, 0.29) is 12.5 Å². The number of amides is 1. The summed E-state index contributed by atoms with van der Waals surface area (Å²) in [5.41, 5.74) is 0.433. The van der Waals surface area contributed by atoms with Crippen molar-refractivity contribution in [3.05, 3.63) is 33.8 Å². The Morgan fingerprint density at radius 3 is 2.63 bits per heavy atom. The van der Waals surface area contributed by atoms with E-state index in [2.05, 4.69) is 5.32 Å². The van der Waals surface area contributed by atoms with Gasteiger partial charge >= 0.3 is 0 Å². The average Bonchev–Trinajstić information content (AvgIpc) is 2.36. The van der Waals surface area contributed by atoms with Crippen LogP contribution in [0.2, 0.25) is 10.0 Å². The molecule has 0 radical (unpaired) electrons. The van der Waals surface area contributed by atoms with Gasteiger partial charge in [0.2, 0.25) is 5.91 Å². The summed E-state index contributed by atoms with van der Waals surface area (Å²) in [6.07, 6.45) is 0.0785. The molecule has 1 aromatic rings. The van der Waals surface area contributed by atoms with E-state index in [0.717, 1.165) is 0 Å². The van der Waals surface area contributed by atoms with Crippen molar-refractivity contribution in [1.29, 1.82) is 0 Å². The summed E-state index contributed by atoms with van der Waals surface area (Å²) >= 11 is 11.9. The molecule has 0 aromatic heterocycles. The molecule has 0 aliphatic rings. The van der Waals surface area contributed by atoms with Gasteiger partial charge in [-0.25, -0.2) is 0 Å². The van der Waals surface area contributed by atoms with Crippen LogP contribution in [0.5, 0.6) is 0 Å². The maximum absolute atomic E-state index is 11.5. The molecule has 6 heteroatoms. The lowest BCUT2D eigenvalue weighted by atomic mass is 10.1. The minimum Gasteiger partial charge on any atom is -0.386 e. The molecule has 19 heavy (non-hydrogen) atoms. The Bertz CT molecular complexity index is 406. The van der Waals surface area contributed by atoms with Crippen molar-refractivity contribution < 1.29 is 14.6 Å². The van der Waals surface area contributed by atoms with E-state index in [4.69, 9.17) is 27.9 Å². The molecule has 1 aromatic carbocycles. The number of ether oxygens (including phenoxy) is 1. The summed E-state index contributed by atoms with van der Waals surface area (Å²) < 4.78 is 4.85. The summed E-state index contributed by atoms with van der Waals surface area (Å²) in [6.45, 7) is 0.613. The number of aliphatic hydroxyl groups is 1. The Morgan fingerprint density at radius 2 is 2.05 bits per heavy atom. The first-order chi connectivity index (χ1) is 9.06. The molecule has 0 aliphatic heterocycles. The molecule has 1 atom stereocenters. The Labute approximate surface area is 122 Å². The molecule has 0 saturated carbocycles. The van der Waals surface area contributed by atoms with Gasteiger partial charge in [0, 0.05) is 42.3 Å². The first-order valence-electron chi connectivity index (χ1n) is 5.94. The Hall–Kier alpha value is -0.810. The van der Waals surface area contributed by atoms with Crippen LogP contribution in [0.15, 0.2) is 18.2 Å². The zero-order chi connectivity index (χ0) is 14.3. The molecule has 0 unspecified atom stereocenters. The highest BCUT2D eigenvalue weighted by molar-refractivity contribution is 6.36. The van der Waals surface area contributed by atoms with E-state index in [1.54, 1.807) is 25.3 Å². The molecule has 0 aliphatic carbocycles. The minimum atomic E-state index is -0.924. The van der Waals surface area contributed by atoms with Gasteiger partial charge in [0.1, 0.15) is 0 Å². The fourth-order valence-corrected chi connectivity index (χ4v) is 2.26. The van der Waals surface area contributed by atoms with Gasteiger partial charge in [0.05, 0.1) is 6.10 Å². The minimum absolute atomic E-state index is 0.0786. The molecule has 1 amide bonds. The van der Waals surface area contributed by atoms with Crippen LogP contribution >= 0.6 is 23.2 Å². The van der Waals surface area contributed by atoms with Crippen molar-refractivity contribution in [2.75, 3.05) is 20.3 Å². The third kappa shape index (κ3) is 5.37. The van der Waals surface area contributed by atoms with E-state index in [9.17, 15) is 9.90 Å². The largest absolute Gasteiger partial charge is 0.386 e. The number of aliphatic hydroxyl groups excluding tert-OH is 1. The standard InChI is InChI=1S/C13H17Cl2NO3/c1-19-7-3-6-12(18)16-8-11(17)13-9(14)4-2-5-10(13)15/h2,4-5,11,17H,3,6-8H2,1H3,(H,16,18)/t11-/m0/s1. The topological polar surface area (TPSA) is 58.6 Å². The van der Waals surface area contributed by atoms with Crippen molar-refractivity contribution in [2.45, 2.75) is 18.9 Å². The van der Waals surface area contributed by atoms with E-state index >= 15 is 0 Å². The van der Waals surface area contributed by atoms with Crippen molar-refractivity contribution >= 4 is 29.1 Å². The number of halogens is 2. The second-order valence-electron chi connectivity index (χ2n) is 4.05. The predicted molar refractivity (Wildman–Crippen MR) is 75.5 cm³/mol. The van der Waals surface area contributed by atoms with Crippen molar-refractivity contribution in [1.82, 2.24) is 5.32 Å². The fraction of sp³-hybridized carbons (Fsp3) is 0.462. The number of carbonyl (C=O) groups is 1. The fourth-order valence-electron chi connectivity index (χ4n) is 1.61. The molecular weight excluding hydrogens is 289 g/mol. The van der Waals surface area contributed by atoms with Crippen LogP contribution in [0, 0.1) is 0 Å². The van der Waals surface area contributed by atoms with Crippen LogP contribution in [0.4, 0.5) is 0 Å². The second kappa shape index (κ2) is 8.38. The first kappa shape index (κ1) is 16.2. The number of hydrogen-bond donors (Lipinski definition) is 2. The number of benzene rings is 1. The summed E-state index contributed by atoms with van der Waals surface area (Å²) in [5, 5.41) is 13.4. The normalized spacial score (nSPS) is 12.2. The lowest BCUT2D eigenvalue weighted by Gasteiger charge is -2.15. The molecule has 1 rings (SSSR count). The van der Waals surface area contributed by atoms with Gasteiger partial charge in [-0.1, -0.05) is 29.3 Å². The van der Waals surface area contributed by atoms with Crippen LogP contribution in [0.1, 0.15) is 24.5 Å². The molecule has 0 heterocycles. The zero-order valence-electron chi connectivity index (χ0n) is 10.7. The number of carbonyl (C=O) groups excluding carboxylic acids is 1. The predicted octanol–water partition coefficient (Wildman–Crippen LogP) is 2.57. The summed E-state index contributed by atoms with van der Waals surface area (Å²) in [5.74, 6) is -0.140. The maximum Gasteiger partial charge on any atom is 0.220 e. The van der Waals surface area contributed by atoms with E-state index in [0.29, 0.717) is 35.1 Å². The molecule has 0 bridgehead atoms. The zero-order valence-corrected chi connectivity index (χ0v) is 12.2. The lowest BCUT2D eigenvalue weighted by Crippen LogP contribution is -2.28. The third-order valence-electron chi connectivity index (χ3n) is 2.58. The van der Waals surface area contributed by atoms with Gasteiger partial charge in [0.15, 0.2) is 0 Å². The summed E-state index contributed by atoms with van der Waals surface area (Å²) in [7, 11) is 1.58. The second-order valence-corrected chi connectivity index (χ2v) is 4.87. The van der Waals surface area contributed by atoms with Crippen LogP contribution < -0.4 is 5.32 Å². The first-order valence-corrected chi connectivity index (χ1v) is 6.69. The molecular formula is C13H17Cl2NO3. The van der Waals surface area contributed by atoms with Crippen LogP contribution in [0.25, 0.3) is 0 Å². The molecule has 4 nitrogen and oxygen atoms in total. The van der Waals surface area contributed by atoms with Gasteiger partial charge in [-0.05, 0) is 18.6 Å². The van der Waals surface area contributed by atoms with Gasteiger partial charge in [-0.2, -0.15) is 0 Å². The Kier molecular flexibility index (Phi) is 7.16. The highest BCUT2D eigenvalue weighted by Gasteiger charge is 2.16. The van der Waals surface area contributed by atoms with Crippen LogP contribution in [0.3, 0.4) is 0 Å². The average molecular weight is 306 g/mol. The number of hydrogen-bond acceptors (Lipinski definition) is 3. The number of rotatable bonds is 7. The Balaban J connectivity index is 2.47. The SMILES string of the molecule is COCCCC(=O)NC[C@H](O)c1c(Cl)cccc1Cl. The Morgan fingerprint density at radius 1 is 1.42 bits per heavy atom. The monoisotopic (exact) mass is 305 g/mol. The number of methoxy groups -OCH3 is 1. The smallest absolute Gasteiger partial charge is 0.220 e. The third-order valence-corrected chi connectivity index (χ3v) is 3.24. The van der Waals surface area contributed by atoms with Crippen LogP contribution in [-0.2, 0) is 9.53 Å². The summed E-state index contributed by atoms with van der Waals surface area (Å²) in [6, 6.07) is 4.99. The van der Waals surface area contributed by atoms with Crippen molar-refractivity contribution in [3.8, 4) is 0 Å². The highest BCUT2D eigenvalue weighted by Crippen LogP contribution is 2.29. The van der Waals surface area contributed by atoms with Gasteiger partial charge < -0.3 is 15.2 Å². The van der Waals surface area contributed by atoms with Crippen LogP contribution in [-0.4, -0.2) is 31.3 Å². The van der Waals surface area contributed by atoms with Gasteiger partial charge in [0.25, 0.3) is 0 Å². The molecule has 0 spiro atoms. The van der Waals surface area contributed by atoms with E-state index in [1.165, 1.54) is 0 Å². The molecule has 106 valence electrons. The quantitative estimate of drug-likeness (QED) is 0.761. The van der Waals surface area contributed by atoms with Gasteiger partial charge in [-0.15, -0.1) is 0 Å². The molecule has 0 saturated heterocycles. The molecule has 0 fully saturated rings. The van der Waals surface area contributed by atoms with Crippen molar-refractivity contribution in [2.24, 2.45) is 0 Å². The lowest BCUT2D eigenvalue weighted by molar-refractivity contribution is -0.121. The summed E-state index contributed by atoms with van der Waals surface area (Å²) in [4.78, 5) is 11.5. The maximum atomic E-state index is 11.5. The number of nitrogens with one attached hydrogen (secondary N) is 1.